The molecule has 0 fully saturated rings. The number of fused-ring (bicyclic) bond motifs is 1. The fraction of sp³-hybridized carbons (Fsp3) is 0.467. The molecule has 0 bridgehead atoms. The lowest BCUT2D eigenvalue weighted by molar-refractivity contribution is -0.149. The number of benzene rings is 1. The highest BCUT2D eigenvalue weighted by atomic mass is 35.5. The number of rotatable bonds is 5. The van der Waals surface area contributed by atoms with E-state index in [0.717, 1.165) is 16.9 Å². The minimum Gasteiger partial charge on any atom is -0.481 e. The van der Waals surface area contributed by atoms with Gasteiger partial charge in [0.2, 0.25) is 0 Å². The molecule has 1 N–H and O–H groups in total. The molecule has 108 valence electrons. The smallest absolute Gasteiger partial charge is 0.310 e. The van der Waals surface area contributed by atoms with Crippen molar-refractivity contribution in [3.05, 3.63) is 29.0 Å². The summed E-state index contributed by atoms with van der Waals surface area (Å²) in [5, 5.41) is 10.2. The minimum absolute atomic E-state index is 0.414. The fourth-order valence-electron chi connectivity index (χ4n) is 2.61. The van der Waals surface area contributed by atoms with Gasteiger partial charge in [-0.1, -0.05) is 31.5 Å². The average Bonchev–Trinajstić information content (AvgIpc) is 2.73. The van der Waals surface area contributed by atoms with E-state index in [1.54, 1.807) is 0 Å². The van der Waals surface area contributed by atoms with Crippen LogP contribution in [0.15, 0.2) is 18.2 Å². The average molecular weight is 295 g/mol. The molecule has 1 aromatic heterocycles. The van der Waals surface area contributed by atoms with Crippen molar-refractivity contribution in [3.63, 3.8) is 0 Å². The zero-order valence-corrected chi connectivity index (χ0v) is 12.7. The first-order valence-electron chi connectivity index (χ1n) is 6.78. The quantitative estimate of drug-likeness (QED) is 0.915. The SMILES string of the molecule is CCC(CC)(Cc1nc2cccc(Cl)c2n1C)C(=O)O. The van der Waals surface area contributed by atoms with Gasteiger partial charge in [-0.2, -0.15) is 0 Å². The summed E-state index contributed by atoms with van der Waals surface area (Å²) in [6.07, 6.45) is 1.57. The number of aliphatic carboxylic acids is 1. The molecule has 0 saturated carbocycles. The van der Waals surface area contributed by atoms with E-state index in [0.29, 0.717) is 24.3 Å². The number of carboxylic acids is 1. The molecule has 0 unspecified atom stereocenters. The molecule has 0 aliphatic heterocycles. The summed E-state index contributed by atoms with van der Waals surface area (Å²) >= 11 is 6.20. The normalized spacial score (nSPS) is 12.0. The number of hydrogen-bond donors (Lipinski definition) is 1. The van der Waals surface area contributed by atoms with Crippen LogP contribution in [-0.4, -0.2) is 20.6 Å². The van der Waals surface area contributed by atoms with Crippen LogP contribution in [0.4, 0.5) is 0 Å². The summed E-state index contributed by atoms with van der Waals surface area (Å²) in [6.45, 7) is 3.82. The lowest BCUT2D eigenvalue weighted by atomic mass is 9.79. The molecule has 0 aliphatic carbocycles. The maximum atomic E-state index is 11.6. The highest BCUT2D eigenvalue weighted by Crippen LogP contribution is 2.33. The third-order valence-corrected chi connectivity index (χ3v) is 4.55. The number of imidazole rings is 1. The molecule has 20 heavy (non-hydrogen) atoms. The predicted molar refractivity (Wildman–Crippen MR) is 80.1 cm³/mol. The fourth-order valence-corrected chi connectivity index (χ4v) is 2.90. The van der Waals surface area contributed by atoms with E-state index in [2.05, 4.69) is 4.98 Å². The zero-order valence-electron chi connectivity index (χ0n) is 12.0. The molecule has 0 radical (unpaired) electrons. The van der Waals surface area contributed by atoms with E-state index in [4.69, 9.17) is 11.6 Å². The van der Waals surface area contributed by atoms with Gasteiger partial charge in [-0.05, 0) is 25.0 Å². The summed E-state index contributed by atoms with van der Waals surface area (Å²) in [5.41, 5.74) is 0.902. The maximum Gasteiger partial charge on any atom is 0.310 e. The molecular formula is C15H19ClN2O2. The molecular weight excluding hydrogens is 276 g/mol. The van der Waals surface area contributed by atoms with E-state index in [9.17, 15) is 9.90 Å². The van der Waals surface area contributed by atoms with Crippen molar-refractivity contribution in [3.8, 4) is 0 Å². The Labute approximate surface area is 123 Å². The molecule has 2 aromatic rings. The van der Waals surface area contributed by atoms with Crippen LogP contribution in [-0.2, 0) is 18.3 Å². The first-order valence-corrected chi connectivity index (χ1v) is 7.16. The van der Waals surface area contributed by atoms with Gasteiger partial charge in [-0.15, -0.1) is 0 Å². The molecule has 0 saturated heterocycles. The van der Waals surface area contributed by atoms with Gasteiger partial charge >= 0.3 is 5.97 Å². The first kappa shape index (κ1) is 14.9. The summed E-state index contributed by atoms with van der Waals surface area (Å²) in [6, 6.07) is 5.57. The number of nitrogens with zero attached hydrogens (tertiary/aromatic N) is 2. The van der Waals surface area contributed by atoms with Gasteiger partial charge in [0.1, 0.15) is 5.82 Å². The Bertz CT molecular complexity index is 645. The minimum atomic E-state index is -0.763. The van der Waals surface area contributed by atoms with Crippen LogP contribution in [0.25, 0.3) is 11.0 Å². The summed E-state index contributed by atoms with van der Waals surface area (Å²) in [4.78, 5) is 16.2. The van der Waals surface area contributed by atoms with Crippen molar-refractivity contribution in [2.24, 2.45) is 12.5 Å². The predicted octanol–water partition coefficient (Wildman–Crippen LogP) is 3.66. The van der Waals surface area contributed by atoms with Crippen molar-refractivity contribution in [1.29, 1.82) is 0 Å². The number of para-hydroxylation sites is 1. The van der Waals surface area contributed by atoms with Gasteiger partial charge in [0, 0.05) is 13.5 Å². The number of hydrogen-bond acceptors (Lipinski definition) is 2. The second-order valence-corrected chi connectivity index (χ2v) is 5.57. The van der Waals surface area contributed by atoms with Crippen molar-refractivity contribution in [1.82, 2.24) is 9.55 Å². The standard InChI is InChI=1S/C15H19ClN2O2/c1-4-15(5-2,14(19)20)9-12-17-11-8-6-7-10(16)13(11)18(12)3/h6-8H,4-5,9H2,1-3H3,(H,19,20). The highest BCUT2D eigenvalue weighted by Gasteiger charge is 2.36. The summed E-state index contributed by atoms with van der Waals surface area (Å²) < 4.78 is 1.90. The first-order chi connectivity index (χ1) is 9.45. The van der Waals surface area contributed by atoms with Crippen LogP contribution >= 0.6 is 11.6 Å². The Kier molecular flexibility index (Phi) is 4.04. The second kappa shape index (κ2) is 5.44. The lowest BCUT2D eigenvalue weighted by Crippen LogP contribution is -2.33. The lowest BCUT2D eigenvalue weighted by Gasteiger charge is -2.26. The topological polar surface area (TPSA) is 55.1 Å². The van der Waals surface area contributed by atoms with Crippen molar-refractivity contribution < 1.29 is 9.90 Å². The number of carbonyl (C=O) groups is 1. The summed E-state index contributed by atoms with van der Waals surface area (Å²) in [5.74, 6) is -0.000136. The molecule has 0 spiro atoms. The van der Waals surface area contributed by atoms with Crippen LogP contribution in [0, 0.1) is 5.41 Å². The van der Waals surface area contributed by atoms with Gasteiger partial charge in [-0.3, -0.25) is 4.79 Å². The highest BCUT2D eigenvalue weighted by molar-refractivity contribution is 6.35. The van der Waals surface area contributed by atoms with Gasteiger partial charge in [-0.25, -0.2) is 4.98 Å². The van der Waals surface area contributed by atoms with Crippen LogP contribution in [0.1, 0.15) is 32.5 Å². The second-order valence-electron chi connectivity index (χ2n) is 5.16. The molecule has 2 rings (SSSR count). The van der Waals surface area contributed by atoms with Gasteiger partial charge in [0.15, 0.2) is 0 Å². The number of aryl methyl sites for hydroxylation is 1. The van der Waals surface area contributed by atoms with Gasteiger partial charge < -0.3 is 9.67 Å². The molecule has 1 heterocycles. The van der Waals surface area contributed by atoms with Crippen LogP contribution in [0.5, 0.6) is 0 Å². The van der Waals surface area contributed by atoms with Crippen molar-refractivity contribution in [2.45, 2.75) is 33.1 Å². The molecule has 4 nitrogen and oxygen atoms in total. The van der Waals surface area contributed by atoms with Gasteiger partial charge in [0.05, 0.1) is 21.5 Å². The van der Waals surface area contributed by atoms with E-state index in [-0.39, 0.29) is 0 Å². The van der Waals surface area contributed by atoms with E-state index in [1.165, 1.54) is 0 Å². The number of carboxylic acid groups (broad SMARTS) is 1. The Morgan fingerprint density at radius 1 is 1.40 bits per heavy atom. The number of halogens is 1. The van der Waals surface area contributed by atoms with Crippen LogP contribution in [0.3, 0.4) is 0 Å². The summed E-state index contributed by atoms with van der Waals surface area (Å²) in [7, 11) is 1.88. The van der Waals surface area contributed by atoms with E-state index < -0.39 is 11.4 Å². The monoisotopic (exact) mass is 294 g/mol. The van der Waals surface area contributed by atoms with Crippen molar-refractivity contribution in [2.75, 3.05) is 0 Å². The Morgan fingerprint density at radius 3 is 2.55 bits per heavy atom. The Balaban J connectivity index is 2.51. The van der Waals surface area contributed by atoms with Crippen LogP contribution < -0.4 is 0 Å². The Hall–Kier alpha value is -1.55. The maximum absolute atomic E-state index is 11.6. The molecule has 1 aromatic carbocycles. The molecule has 5 heteroatoms. The van der Waals surface area contributed by atoms with E-state index in [1.807, 2.05) is 43.7 Å². The molecule has 0 aliphatic rings. The Morgan fingerprint density at radius 2 is 2.05 bits per heavy atom. The number of aromatic nitrogens is 2. The van der Waals surface area contributed by atoms with Crippen LogP contribution in [0.2, 0.25) is 5.02 Å². The zero-order chi connectivity index (χ0) is 14.9. The molecule has 0 amide bonds. The third-order valence-electron chi connectivity index (χ3n) is 4.24. The molecule has 0 atom stereocenters. The van der Waals surface area contributed by atoms with Crippen molar-refractivity contribution >= 4 is 28.6 Å². The largest absolute Gasteiger partial charge is 0.481 e. The third kappa shape index (κ3) is 2.29. The van der Waals surface area contributed by atoms with E-state index >= 15 is 0 Å². The van der Waals surface area contributed by atoms with Gasteiger partial charge in [0.25, 0.3) is 0 Å².